The fraction of sp³-hybridized carbons (Fsp3) is 0.0455. The lowest BCUT2D eigenvalue weighted by Crippen LogP contribution is -2.13. The van der Waals surface area contributed by atoms with Crippen LogP contribution >= 0.6 is 11.6 Å². The van der Waals surface area contributed by atoms with E-state index < -0.39 is 0 Å². The van der Waals surface area contributed by atoms with Crippen LogP contribution in [0.15, 0.2) is 79.1 Å². The van der Waals surface area contributed by atoms with Gasteiger partial charge in [-0.1, -0.05) is 35.9 Å². The first-order valence-corrected chi connectivity index (χ1v) is 9.13. The van der Waals surface area contributed by atoms with Gasteiger partial charge in [-0.2, -0.15) is 5.10 Å². The number of carbonyl (C=O) groups excluding carboxylic acids is 1. The summed E-state index contributed by atoms with van der Waals surface area (Å²) in [4.78, 5) is 17.0. The molecular formula is C22H17ClN4O. The Morgan fingerprint density at radius 3 is 2.57 bits per heavy atom. The van der Waals surface area contributed by atoms with Crippen LogP contribution in [0.1, 0.15) is 16.1 Å². The number of rotatable bonds is 4. The monoisotopic (exact) mass is 388 g/mol. The topological polar surface area (TPSA) is 59.8 Å². The van der Waals surface area contributed by atoms with Crippen molar-refractivity contribution in [3.63, 3.8) is 0 Å². The van der Waals surface area contributed by atoms with Crippen LogP contribution < -0.4 is 5.32 Å². The Labute approximate surface area is 167 Å². The second-order valence-electron chi connectivity index (χ2n) is 6.34. The number of benzene rings is 2. The van der Waals surface area contributed by atoms with Gasteiger partial charge in [0.05, 0.1) is 22.1 Å². The summed E-state index contributed by atoms with van der Waals surface area (Å²) in [5, 5.41) is 7.86. The number of anilines is 1. The molecule has 1 amide bonds. The van der Waals surface area contributed by atoms with Crippen LogP contribution in [-0.4, -0.2) is 20.7 Å². The van der Waals surface area contributed by atoms with Crippen molar-refractivity contribution in [1.82, 2.24) is 14.8 Å². The Balaban J connectivity index is 1.74. The van der Waals surface area contributed by atoms with Crippen LogP contribution in [0.25, 0.3) is 16.9 Å². The maximum absolute atomic E-state index is 12.8. The molecule has 1 N–H and O–H groups in total. The molecule has 4 rings (SSSR count). The van der Waals surface area contributed by atoms with E-state index in [9.17, 15) is 4.79 Å². The van der Waals surface area contributed by atoms with Crippen LogP contribution in [0, 0.1) is 6.92 Å². The van der Waals surface area contributed by atoms with Crippen LogP contribution in [0.2, 0.25) is 5.02 Å². The minimum atomic E-state index is -0.328. The second kappa shape index (κ2) is 7.66. The molecule has 2 aromatic heterocycles. The van der Waals surface area contributed by atoms with E-state index in [-0.39, 0.29) is 5.91 Å². The fourth-order valence-electron chi connectivity index (χ4n) is 2.89. The van der Waals surface area contributed by atoms with Crippen LogP contribution in [0.3, 0.4) is 0 Å². The van der Waals surface area contributed by atoms with Crippen LogP contribution in [0.4, 0.5) is 5.69 Å². The van der Waals surface area contributed by atoms with Gasteiger partial charge in [0.25, 0.3) is 5.91 Å². The maximum Gasteiger partial charge on any atom is 0.276 e. The normalized spacial score (nSPS) is 10.6. The molecule has 0 radical (unpaired) electrons. The average molecular weight is 389 g/mol. The Bertz CT molecular complexity index is 1070. The lowest BCUT2D eigenvalue weighted by atomic mass is 10.2. The first-order chi connectivity index (χ1) is 13.6. The van der Waals surface area contributed by atoms with Crippen molar-refractivity contribution >= 4 is 23.2 Å². The molecule has 0 fully saturated rings. The van der Waals surface area contributed by atoms with E-state index in [1.807, 2.05) is 55.5 Å². The number of hydrogen-bond donors (Lipinski definition) is 1. The van der Waals surface area contributed by atoms with Crippen molar-refractivity contribution in [2.45, 2.75) is 6.92 Å². The molecule has 0 aliphatic heterocycles. The first-order valence-electron chi connectivity index (χ1n) is 8.75. The number of para-hydroxylation sites is 1. The van der Waals surface area contributed by atoms with Crippen molar-refractivity contribution in [3.05, 3.63) is 95.4 Å². The predicted octanol–water partition coefficient (Wildman–Crippen LogP) is 5.15. The highest BCUT2D eigenvalue weighted by atomic mass is 35.5. The van der Waals surface area contributed by atoms with Crippen molar-refractivity contribution in [3.8, 4) is 16.9 Å². The third kappa shape index (κ3) is 3.66. The van der Waals surface area contributed by atoms with Gasteiger partial charge >= 0.3 is 0 Å². The van der Waals surface area contributed by atoms with Gasteiger partial charge in [-0.05, 0) is 55.0 Å². The highest BCUT2D eigenvalue weighted by molar-refractivity contribution is 6.34. The SMILES string of the molecule is Cc1ccc(NC(=O)c2cc(-c3cccnc3)n(-c3ccccc3)n2)c(Cl)c1. The summed E-state index contributed by atoms with van der Waals surface area (Å²) in [6.07, 6.45) is 3.45. The van der Waals surface area contributed by atoms with Crippen LogP contribution in [-0.2, 0) is 0 Å². The summed E-state index contributed by atoms with van der Waals surface area (Å²) in [6, 6.07) is 20.7. The number of nitrogens with one attached hydrogen (secondary N) is 1. The first kappa shape index (κ1) is 17.9. The minimum Gasteiger partial charge on any atom is -0.319 e. The molecule has 0 saturated carbocycles. The van der Waals surface area contributed by atoms with Crippen molar-refractivity contribution in [2.24, 2.45) is 0 Å². The van der Waals surface area contributed by atoms with E-state index in [1.165, 1.54) is 0 Å². The van der Waals surface area contributed by atoms with Gasteiger partial charge in [0.15, 0.2) is 5.69 Å². The van der Waals surface area contributed by atoms with E-state index in [0.717, 1.165) is 22.5 Å². The van der Waals surface area contributed by atoms with E-state index in [1.54, 1.807) is 35.3 Å². The molecule has 0 spiro atoms. The Morgan fingerprint density at radius 1 is 1.04 bits per heavy atom. The van der Waals surface area contributed by atoms with E-state index >= 15 is 0 Å². The highest BCUT2D eigenvalue weighted by Crippen LogP contribution is 2.26. The second-order valence-corrected chi connectivity index (χ2v) is 6.75. The molecule has 0 bridgehead atoms. The molecule has 28 heavy (non-hydrogen) atoms. The van der Waals surface area contributed by atoms with Gasteiger partial charge in [0.1, 0.15) is 0 Å². The lowest BCUT2D eigenvalue weighted by molar-refractivity contribution is 0.102. The van der Waals surface area contributed by atoms with Gasteiger partial charge in [-0.15, -0.1) is 0 Å². The molecule has 0 aliphatic carbocycles. The number of carbonyl (C=O) groups is 1. The van der Waals surface area contributed by atoms with Gasteiger partial charge in [0, 0.05) is 18.0 Å². The number of nitrogens with zero attached hydrogens (tertiary/aromatic N) is 3. The largest absolute Gasteiger partial charge is 0.319 e. The number of amides is 1. The Morgan fingerprint density at radius 2 is 1.86 bits per heavy atom. The van der Waals surface area contributed by atoms with E-state index in [0.29, 0.717) is 16.4 Å². The number of aromatic nitrogens is 3. The lowest BCUT2D eigenvalue weighted by Gasteiger charge is -2.07. The fourth-order valence-corrected chi connectivity index (χ4v) is 3.17. The van der Waals surface area contributed by atoms with Gasteiger partial charge in [0.2, 0.25) is 0 Å². The van der Waals surface area contributed by atoms with E-state index in [4.69, 9.17) is 11.6 Å². The summed E-state index contributed by atoms with van der Waals surface area (Å²) < 4.78 is 1.74. The van der Waals surface area contributed by atoms with Gasteiger partial charge in [-0.25, -0.2) is 4.68 Å². The zero-order chi connectivity index (χ0) is 19.5. The molecule has 138 valence electrons. The minimum absolute atomic E-state index is 0.291. The predicted molar refractivity (Wildman–Crippen MR) is 111 cm³/mol. The third-order valence-electron chi connectivity index (χ3n) is 4.27. The molecule has 2 aromatic carbocycles. The Kier molecular flexibility index (Phi) is 4.91. The summed E-state index contributed by atoms with van der Waals surface area (Å²) in [7, 11) is 0. The molecule has 2 heterocycles. The summed E-state index contributed by atoms with van der Waals surface area (Å²) >= 11 is 6.24. The van der Waals surface area contributed by atoms with Gasteiger partial charge in [-0.3, -0.25) is 9.78 Å². The number of halogens is 1. The summed E-state index contributed by atoms with van der Waals surface area (Å²) in [6.45, 7) is 1.94. The standard InChI is InChI=1S/C22H17ClN4O/c1-15-9-10-19(18(23)12-15)25-22(28)20-13-21(16-6-5-11-24-14-16)27(26-20)17-7-3-2-4-8-17/h2-14H,1H3,(H,25,28). The number of aryl methyl sites for hydroxylation is 1. The van der Waals surface area contributed by atoms with Crippen molar-refractivity contribution < 1.29 is 4.79 Å². The molecule has 5 nitrogen and oxygen atoms in total. The van der Waals surface area contributed by atoms with Crippen LogP contribution in [0.5, 0.6) is 0 Å². The zero-order valence-corrected chi connectivity index (χ0v) is 15.9. The van der Waals surface area contributed by atoms with Crippen molar-refractivity contribution in [1.29, 1.82) is 0 Å². The Hall–Kier alpha value is -3.44. The quantitative estimate of drug-likeness (QED) is 0.526. The molecule has 0 saturated heterocycles. The highest BCUT2D eigenvalue weighted by Gasteiger charge is 2.17. The summed E-state index contributed by atoms with van der Waals surface area (Å²) in [5.41, 5.74) is 4.36. The molecular weight excluding hydrogens is 372 g/mol. The van der Waals surface area contributed by atoms with E-state index in [2.05, 4.69) is 15.4 Å². The number of hydrogen-bond acceptors (Lipinski definition) is 3. The maximum atomic E-state index is 12.8. The summed E-state index contributed by atoms with van der Waals surface area (Å²) in [5.74, 6) is -0.328. The van der Waals surface area contributed by atoms with Gasteiger partial charge < -0.3 is 5.32 Å². The molecule has 0 atom stereocenters. The third-order valence-corrected chi connectivity index (χ3v) is 4.59. The smallest absolute Gasteiger partial charge is 0.276 e. The molecule has 0 aliphatic rings. The van der Waals surface area contributed by atoms with Crippen molar-refractivity contribution in [2.75, 3.05) is 5.32 Å². The number of pyridine rings is 1. The molecule has 4 aromatic rings. The average Bonchev–Trinajstić information content (AvgIpc) is 3.17. The molecule has 6 heteroatoms. The molecule has 0 unspecified atom stereocenters. The zero-order valence-electron chi connectivity index (χ0n) is 15.1.